The van der Waals surface area contributed by atoms with Crippen LogP contribution in [0.1, 0.15) is 16.7 Å². The van der Waals surface area contributed by atoms with E-state index in [9.17, 15) is 4.79 Å². The molecule has 1 fully saturated rings. The highest BCUT2D eigenvalue weighted by Gasteiger charge is 2.22. The predicted molar refractivity (Wildman–Crippen MR) is 99.2 cm³/mol. The highest BCUT2D eigenvalue weighted by Crippen LogP contribution is 2.16. The minimum atomic E-state index is 0.190. The fraction of sp³-hybridized carbons (Fsp3) is 0.368. The van der Waals surface area contributed by atoms with E-state index in [1.807, 2.05) is 17.0 Å². The monoisotopic (exact) mass is 350 g/mol. The standard InChI is InChI=1S/C19H22N6O/c1-14-3-4-16(11-15(14)2)12-19(26)24-9-7-23(8-10-24)18-6-5-17-21-20-13-25(17)22-18/h3-6,11,13H,7-10,12H2,1-2H3. The molecular weight excluding hydrogens is 328 g/mol. The molecule has 0 bridgehead atoms. The first-order valence-electron chi connectivity index (χ1n) is 8.86. The van der Waals surface area contributed by atoms with E-state index in [-0.39, 0.29) is 5.91 Å². The van der Waals surface area contributed by atoms with Gasteiger partial charge < -0.3 is 9.80 Å². The van der Waals surface area contributed by atoms with Crippen LogP contribution < -0.4 is 4.90 Å². The van der Waals surface area contributed by atoms with Gasteiger partial charge >= 0.3 is 0 Å². The topological polar surface area (TPSA) is 66.6 Å². The van der Waals surface area contributed by atoms with Crippen molar-refractivity contribution in [1.82, 2.24) is 24.7 Å². The SMILES string of the molecule is Cc1ccc(CC(=O)N2CCN(c3ccc4nncn4n3)CC2)cc1C. The second kappa shape index (κ2) is 6.74. The van der Waals surface area contributed by atoms with Crippen LogP contribution in [0.5, 0.6) is 0 Å². The molecule has 0 N–H and O–H groups in total. The molecule has 1 amide bonds. The Morgan fingerprint density at radius 3 is 2.62 bits per heavy atom. The summed E-state index contributed by atoms with van der Waals surface area (Å²) in [5, 5.41) is 12.4. The summed E-state index contributed by atoms with van der Waals surface area (Å²) in [4.78, 5) is 16.8. The average Bonchev–Trinajstić information content (AvgIpc) is 3.12. The second-order valence-corrected chi connectivity index (χ2v) is 6.79. The number of benzene rings is 1. The van der Waals surface area contributed by atoms with Gasteiger partial charge in [-0.15, -0.1) is 15.3 Å². The molecule has 0 aliphatic carbocycles. The molecule has 0 unspecified atom stereocenters. The maximum atomic E-state index is 12.6. The Kier molecular flexibility index (Phi) is 4.28. The molecule has 0 saturated carbocycles. The summed E-state index contributed by atoms with van der Waals surface area (Å²) in [6, 6.07) is 10.1. The zero-order valence-electron chi connectivity index (χ0n) is 15.1. The fourth-order valence-electron chi connectivity index (χ4n) is 3.27. The van der Waals surface area contributed by atoms with Crippen molar-refractivity contribution in [2.75, 3.05) is 31.1 Å². The van der Waals surface area contributed by atoms with Gasteiger partial charge in [0.1, 0.15) is 12.1 Å². The molecule has 0 radical (unpaired) electrons. The van der Waals surface area contributed by atoms with Gasteiger partial charge in [0.25, 0.3) is 0 Å². The molecule has 0 spiro atoms. The van der Waals surface area contributed by atoms with Gasteiger partial charge in [0.05, 0.1) is 6.42 Å². The van der Waals surface area contributed by atoms with Crippen LogP contribution in [-0.2, 0) is 11.2 Å². The number of carbonyl (C=O) groups excluding carboxylic acids is 1. The first-order chi connectivity index (χ1) is 12.6. The number of aromatic nitrogens is 4. The molecule has 1 aromatic carbocycles. The summed E-state index contributed by atoms with van der Waals surface area (Å²) in [6.07, 6.45) is 2.06. The normalized spacial score (nSPS) is 14.8. The van der Waals surface area contributed by atoms with Gasteiger partial charge in [0, 0.05) is 26.2 Å². The fourth-order valence-corrected chi connectivity index (χ4v) is 3.27. The lowest BCUT2D eigenvalue weighted by molar-refractivity contribution is -0.130. The van der Waals surface area contributed by atoms with Crippen LogP contribution in [0.4, 0.5) is 5.82 Å². The van der Waals surface area contributed by atoms with E-state index in [0.29, 0.717) is 19.5 Å². The van der Waals surface area contributed by atoms with Crippen LogP contribution in [0.3, 0.4) is 0 Å². The smallest absolute Gasteiger partial charge is 0.227 e. The predicted octanol–water partition coefficient (Wildman–Crippen LogP) is 1.63. The Balaban J connectivity index is 1.37. The van der Waals surface area contributed by atoms with Gasteiger partial charge in [-0.3, -0.25) is 4.79 Å². The third-order valence-corrected chi connectivity index (χ3v) is 5.03. The van der Waals surface area contributed by atoms with E-state index in [1.54, 1.807) is 10.8 Å². The number of fused-ring (bicyclic) bond motifs is 1. The van der Waals surface area contributed by atoms with E-state index in [4.69, 9.17) is 0 Å². The molecular formula is C19H22N6O. The highest BCUT2D eigenvalue weighted by molar-refractivity contribution is 5.79. The number of nitrogens with zero attached hydrogens (tertiary/aromatic N) is 6. The minimum Gasteiger partial charge on any atom is -0.352 e. The summed E-state index contributed by atoms with van der Waals surface area (Å²) in [5.74, 6) is 1.08. The van der Waals surface area contributed by atoms with Gasteiger partial charge in [-0.1, -0.05) is 18.2 Å². The van der Waals surface area contributed by atoms with Crippen LogP contribution in [0.2, 0.25) is 0 Å². The maximum absolute atomic E-state index is 12.6. The Labute approximate surface area is 152 Å². The van der Waals surface area contributed by atoms with Crippen molar-refractivity contribution in [2.45, 2.75) is 20.3 Å². The first kappa shape index (κ1) is 16.5. The Morgan fingerprint density at radius 2 is 1.85 bits per heavy atom. The van der Waals surface area contributed by atoms with E-state index in [1.165, 1.54) is 11.1 Å². The number of hydrogen-bond acceptors (Lipinski definition) is 5. The molecule has 7 heteroatoms. The number of rotatable bonds is 3. The van der Waals surface area contributed by atoms with Crippen LogP contribution in [0.25, 0.3) is 5.65 Å². The number of hydrogen-bond donors (Lipinski definition) is 0. The molecule has 4 rings (SSSR count). The molecule has 2 aromatic heterocycles. The van der Waals surface area contributed by atoms with Gasteiger partial charge in [-0.2, -0.15) is 4.52 Å². The molecule has 3 heterocycles. The third kappa shape index (κ3) is 3.24. The van der Waals surface area contributed by atoms with E-state index in [0.717, 1.165) is 30.1 Å². The van der Waals surface area contributed by atoms with Crippen LogP contribution in [0, 0.1) is 13.8 Å². The lowest BCUT2D eigenvalue weighted by Gasteiger charge is -2.35. The zero-order chi connectivity index (χ0) is 18.1. The van der Waals surface area contributed by atoms with Gasteiger partial charge in [-0.25, -0.2) is 0 Å². The van der Waals surface area contributed by atoms with Crippen molar-refractivity contribution in [3.05, 3.63) is 53.3 Å². The quantitative estimate of drug-likeness (QED) is 0.718. The summed E-state index contributed by atoms with van der Waals surface area (Å²) >= 11 is 0. The van der Waals surface area contributed by atoms with Crippen molar-refractivity contribution in [1.29, 1.82) is 0 Å². The molecule has 1 saturated heterocycles. The van der Waals surface area contributed by atoms with Crippen LogP contribution >= 0.6 is 0 Å². The Hall–Kier alpha value is -2.96. The summed E-state index contributed by atoms with van der Waals surface area (Å²) in [5.41, 5.74) is 4.30. The molecule has 26 heavy (non-hydrogen) atoms. The van der Waals surface area contributed by atoms with Crippen molar-refractivity contribution in [3.63, 3.8) is 0 Å². The van der Waals surface area contributed by atoms with Gasteiger partial charge in [0.15, 0.2) is 5.65 Å². The Morgan fingerprint density at radius 1 is 1.04 bits per heavy atom. The largest absolute Gasteiger partial charge is 0.352 e. The van der Waals surface area contributed by atoms with E-state index < -0.39 is 0 Å². The van der Waals surface area contributed by atoms with Crippen LogP contribution in [-0.4, -0.2) is 56.8 Å². The van der Waals surface area contributed by atoms with Crippen molar-refractivity contribution >= 4 is 17.4 Å². The summed E-state index contributed by atoms with van der Waals surface area (Å²) in [7, 11) is 0. The minimum absolute atomic E-state index is 0.190. The summed E-state index contributed by atoms with van der Waals surface area (Å²) < 4.78 is 1.67. The number of piperazine rings is 1. The highest BCUT2D eigenvalue weighted by atomic mass is 16.2. The third-order valence-electron chi connectivity index (χ3n) is 5.03. The lowest BCUT2D eigenvalue weighted by atomic mass is 10.0. The molecule has 134 valence electrons. The average molecular weight is 350 g/mol. The van der Waals surface area contributed by atoms with Crippen molar-refractivity contribution < 1.29 is 4.79 Å². The number of anilines is 1. The molecule has 0 atom stereocenters. The van der Waals surface area contributed by atoms with Gasteiger partial charge in [-0.05, 0) is 42.7 Å². The number of aryl methyl sites for hydroxylation is 2. The lowest BCUT2D eigenvalue weighted by Crippen LogP contribution is -2.49. The molecule has 1 aliphatic heterocycles. The van der Waals surface area contributed by atoms with Crippen molar-refractivity contribution in [2.24, 2.45) is 0 Å². The van der Waals surface area contributed by atoms with E-state index in [2.05, 4.69) is 52.2 Å². The van der Waals surface area contributed by atoms with Gasteiger partial charge in [0.2, 0.25) is 5.91 Å². The number of carbonyl (C=O) groups is 1. The summed E-state index contributed by atoms with van der Waals surface area (Å²) in [6.45, 7) is 7.16. The molecule has 1 aliphatic rings. The second-order valence-electron chi connectivity index (χ2n) is 6.79. The van der Waals surface area contributed by atoms with E-state index >= 15 is 0 Å². The Bertz CT molecular complexity index is 942. The molecule has 7 nitrogen and oxygen atoms in total. The number of amides is 1. The molecule has 3 aromatic rings. The first-order valence-corrected chi connectivity index (χ1v) is 8.86. The van der Waals surface area contributed by atoms with Crippen LogP contribution in [0.15, 0.2) is 36.7 Å². The maximum Gasteiger partial charge on any atom is 0.227 e. The van der Waals surface area contributed by atoms with Crippen molar-refractivity contribution in [3.8, 4) is 0 Å². The zero-order valence-corrected chi connectivity index (χ0v) is 15.1.